The zero-order chi connectivity index (χ0) is 29.9. The van der Waals surface area contributed by atoms with E-state index < -0.39 is 24.3 Å². The number of halogens is 6. The minimum absolute atomic E-state index is 0.374. The smallest absolute Gasteiger partial charge is 0.475 e. The second-order valence-corrected chi connectivity index (χ2v) is 7.35. The van der Waals surface area contributed by atoms with Crippen LogP contribution in [0.25, 0.3) is 21.9 Å². The van der Waals surface area contributed by atoms with E-state index in [1.54, 1.807) is 18.7 Å². The number of carboxylic acids is 2. The molecular weight excluding hydrogens is 552 g/mol. The van der Waals surface area contributed by atoms with Crippen LogP contribution in [0.1, 0.15) is 5.56 Å². The average Bonchev–Trinajstić information content (AvgIpc) is 3.31. The molecule has 0 fully saturated rings. The number of alkyl halides is 6. The first-order valence-corrected chi connectivity index (χ1v) is 10.8. The van der Waals surface area contributed by atoms with Gasteiger partial charge in [-0.1, -0.05) is 30.0 Å². The molecule has 16 heteroatoms. The standard InChI is InChI=1S/C20H17N5O.2C2HF3O2/c21-20-18-19(16-5-1-2-6-17(16)24-20)25(14-23-18)11-13-26-12-3-4-15-7-9-22-10-8-15;2*3-2(4,5)1(6)7/h1-2,5-10,14H,11-13H2,(H2,21,24);2*(H,6,7). The number of fused-ring (bicyclic) bond motifs is 3. The Balaban J connectivity index is 0.000000333. The van der Waals surface area contributed by atoms with E-state index in [4.69, 9.17) is 30.3 Å². The van der Waals surface area contributed by atoms with Crippen molar-refractivity contribution in [2.75, 3.05) is 18.9 Å². The van der Waals surface area contributed by atoms with Gasteiger partial charge in [0.15, 0.2) is 5.82 Å². The Morgan fingerprint density at radius 3 is 2.12 bits per heavy atom. The highest BCUT2D eigenvalue weighted by Crippen LogP contribution is 2.26. The number of rotatable bonds is 4. The van der Waals surface area contributed by atoms with Gasteiger partial charge in [0.1, 0.15) is 12.1 Å². The molecule has 212 valence electrons. The summed E-state index contributed by atoms with van der Waals surface area (Å²) in [7, 11) is 0. The van der Waals surface area contributed by atoms with E-state index in [9.17, 15) is 26.3 Å². The van der Waals surface area contributed by atoms with Gasteiger partial charge in [-0.3, -0.25) is 4.98 Å². The quantitative estimate of drug-likeness (QED) is 0.188. The van der Waals surface area contributed by atoms with Gasteiger partial charge in [-0.05, 0) is 18.2 Å². The monoisotopic (exact) mass is 571 g/mol. The van der Waals surface area contributed by atoms with Crippen LogP contribution in [0, 0.1) is 11.8 Å². The molecule has 1 aromatic carbocycles. The highest BCUT2D eigenvalue weighted by Gasteiger charge is 2.38. The lowest BCUT2D eigenvalue weighted by Crippen LogP contribution is -2.21. The van der Waals surface area contributed by atoms with Crippen LogP contribution in [0.5, 0.6) is 0 Å². The molecule has 0 atom stereocenters. The van der Waals surface area contributed by atoms with Crippen molar-refractivity contribution in [3.63, 3.8) is 0 Å². The van der Waals surface area contributed by atoms with Crippen LogP contribution in [0.2, 0.25) is 0 Å². The lowest BCUT2D eigenvalue weighted by molar-refractivity contribution is -0.193. The van der Waals surface area contributed by atoms with E-state index >= 15 is 0 Å². The van der Waals surface area contributed by atoms with Gasteiger partial charge in [0.25, 0.3) is 0 Å². The van der Waals surface area contributed by atoms with Gasteiger partial charge < -0.3 is 25.3 Å². The second-order valence-electron chi connectivity index (χ2n) is 7.35. The summed E-state index contributed by atoms with van der Waals surface area (Å²) in [6.07, 6.45) is -4.94. The molecule has 0 aliphatic carbocycles. The molecule has 0 spiro atoms. The van der Waals surface area contributed by atoms with E-state index in [1.807, 2.05) is 41.0 Å². The van der Waals surface area contributed by atoms with Gasteiger partial charge >= 0.3 is 24.3 Å². The molecule has 0 aliphatic rings. The normalized spacial score (nSPS) is 10.9. The summed E-state index contributed by atoms with van der Waals surface area (Å²) in [6, 6.07) is 11.7. The van der Waals surface area contributed by atoms with Gasteiger partial charge in [0.2, 0.25) is 0 Å². The number of hydrogen-bond acceptors (Lipinski definition) is 7. The maximum absolute atomic E-state index is 10.6. The molecule has 3 aromatic heterocycles. The maximum atomic E-state index is 10.6. The Labute approximate surface area is 221 Å². The number of nitrogen functional groups attached to an aromatic ring is 1. The third-order valence-electron chi connectivity index (χ3n) is 4.53. The van der Waals surface area contributed by atoms with Crippen LogP contribution in [-0.4, -0.2) is 67.2 Å². The lowest BCUT2D eigenvalue weighted by atomic mass is 10.2. The molecule has 0 radical (unpaired) electrons. The number of benzene rings is 1. The SMILES string of the molecule is Nc1nc2ccccc2c2c1ncn2CCOCC#Cc1ccncc1.O=C(O)C(F)(F)F.O=C(O)C(F)(F)F. The fourth-order valence-electron chi connectivity index (χ4n) is 2.84. The molecule has 4 rings (SSSR count). The van der Waals surface area contributed by atoms with Crippen LogP contribution in [-0.2, 0) is 20.9 Å². The molecule has 0 saturated heterocycles. The molecule has 40 heavy (non-hydrogen) atoms. The van der Waals surface area contributed by atoms with Crippen LogP contribution >= 0.6 is 0 Å². The summed E-state index contributed by atoms with van der Waals surface area (Å²) in [5.74, 6) is 0.975. The zero-order valence-corrected chi connectivity index (χ0v) is 20.1. The number of carbonyl (C=O) groups is 2. The molecule has 0 unspecified atom stereocenters. The zero-order valence-electron chi connectivity index (χ0n) is 20.1. The first kappa shape index (κ1) is 31.3. The molecule has 0 amide bonds. The van der Waals surface area contributed by atoms with Crippen LogP contribution < -0.4 is 5.73 Å². The third kappa shape index (κ3) is 9.44. The van der Waals surface area contributed by atoms with Crippen LogP contribution in [0.4, 0.5) is 32.2 Å². The fourth-order valence-corrected chi connectivity index (χ4v) is 2.84. The number of anilines is 1. The maximum Gasteiger partial charge on any atom is 0.490 e. The number of hydrogen-bond donors (Lipinski definition) is 3. The van der Waals surface area contributed by atoms with E-state index in [-0.39, 0.29) is 0 Å². The molecule has 10 nitrogen and oxygen atoms in total. The van der Waals surface area contributed by atoms with Gasteiger partial charge in [0.05, 0.1) is 24.0 Å². The molecule has 0 bridgehead atoms. The summed E-state index contributed by atoms with van der Waals surface area (Å²) in [5.41, 5.74) is 9.55. The number of nitrogens with two attached hydrogens (primary N) is 1. The first-order valence-electron chi connectivity index (χ1n) is 10.8. The van der Waals surface area contributed by atoms with Crippen LogP contribution in [0.15, 0.2) is 55.1 Å². The Morgan fingerprint density at radius 1 is 0.975 bits per heavy atom. The number of carboxylic acid groups (broad SMARTS) is 2. The predicted molar refractivity (Wildman–Crippen MR) is 129 cm³/mol. The summed E-state index contributed by atoms with van der Waals surface area (Å²) < 4.78 is 71.2. The molecule has 0 aliphatic heterocycles. The minimum atomic E-state index is -5.08. The second kappa shape index (κ2) is 13.8. The Bertz CT molecular complexity index is 1490. The summed E-state index contributed by atoms with van der Waals surface area (Å²) >= 11 is 0. The number of aromatic nitrogens is 4. The average molecular weight is 571 g/mol. The largest absolute Gasteiger partial charge is 0.490 e. The highest BCUT2D eigenvalue weighted by molar-refractivity contribution is 6.06. The first-order chi connectivity index (χ1) is 18.7. The minimum Gasteiger partial charge on any atom is -0.475 e. The fraction of sp³-hybridized carbons (Fsp3) is 0.208. The highest BCUT2D eigenvalue weighted by atomic mass is 19.4. The lowest BCUT2D eigenvalue weighted by Gasteiger charge is -2.07. The van der Waals surface area contributed by atoms with Crippen molar-refractivity contribution in [2.24, 2.45) is 0 Å². The number of aliphatic carboxylic acids is 2. The summed E-state index contributed by atoms with van der Waals surface area (Å²) in [6.45, 7) is 1.58. The van der Waals surface area contributed by atoms with Crippen molar-refractivity contribution < 1.29 is 50.9 Å². The van der Waals surface area contributed by atoms with E-state index in [0.29, 0.717) is 25.6 Å². The summed E-state index contributed by atoms with van der Waals surface area (Å²) in [4.78, 5) is 30.6. The van der Waals surface area contributed by atoms with Crippen molar-refractivity contribution in [3.8, 4) is 11.8 Å². The summed E-state index contributed by atoms with van der Waals surface area (Å²) in [5, 5.41) is 15.3. The number of imidazole rings is 1. The predicted octanol–water partition coefficient (Wildman–Crippen LogP) is 3.90. The Hall–Kier alpha value is -4.91. The molecule has 0 saturated carbocycles. The van der Waals surface area contributed by atoms with E-state index in [0.717, 1.165) is 27.5 Å². The Kier molecular flexibility index (Phi) is 10.8. The van der Waals surface area contributed by atoms with Crippen molar-refractivity contribution in [2.45, 2.75) is 18.9 Å². The van der Waals surface area contributed by atoms with Crippen molar-refractivity contribution >= 4 is 39.7 Å². The van der Waals surface area contributed by atoms with Crippen molar-refractivity contribution in [1.29, 1.82) is 0 Å². The van der Waals surface area contributed by atoms with Crippen molar-refractivity contribution in [3.05, 3.63) is 60.7 Å². The molecular formula is C24H19F6N5O5. The topological polar surface area (TPSA) is 153 Å². The number of para-hydroxylation sites is 1. The third-order valence-corrected chi connectivity index (χ3v) is 4.53. The van der Waals surface area contributed by atoms with E-state index in [2.05, 4.69) is 26.8 Å². The van der Waals surface area contributed by atoms with Crippen molar-refractivity contribution in [1.82, 2.24) is 19.5 Å². The van der Waals surface area contributed by atoms with E-state index in [1.165, 1.54) is 0 Å². The van der Waals surface area contributed by atoms with Gasteiger partial charge in [-0.2, -0.15) is 26.3 Å². The van der Waals surface area contributed by atoms with Crippen LogP contribution in [0.3, 0.4) is 0 Å². The molecule has 3 heterocycles. The Morgan fingerprint density at radius 2 is 1.55 bits per heavy atom. The van der Waals surface area contributed by atoms with Gasteiger partial charge in [-0.15, -0.1) is 0 Å². The molecule has 4 aromatic rings. The molecule has 4 N–H and O–H groups in total. The number of ether oxygens (including phenoxy) is 1. The van der Waals surface area contributed by atoms with Gasteiger partial charge in [0, 0.05) is 29.9 Å². The van der Waals surface area contributed by atoms with Gasteiger partial charge in [-0.25, -0.2) is 19.6 Å². The number of pyridine rings is 2. The number of nitrogens with zero attached hydrogens (tertiary/aromatic N) is 4.